The molecule has 0 aliphatic rings. The van der Waals surface area contributed by atoms with E-state index in [-0.39, 0.29) is 17.3 Å². The van der Waals surface area contributed by atoms with Crippen molar-refractivity contribution in [1.82, 2.24) is 0 Å². The Bertz CT molecular complexity index is 424. The third-order valence-corrected chi connectivity index (χ3v) is 1.97. The fourth-order valence-electron chi connectivity index (χ4n) is 1.19. The number of carbonyl (C=O) groups excluding carboxylic acids is 1. The first-order chi connectivity index (χ1) is 7.70. The molecule has 0 radical (unpaired) electrons. The van der Waals surface area contributed by atoms with Gasteiger partial charge >= 0.3 is 6.36 Å². The number of Topliss-reactive ketones (excluding diaryl/α,β-unsaturated/α-hetero) is 1. The molecule has 1 aromatic carbocycles. The normalized spacial score (nSPS) is 11.7. The van der Waals surface area contributed by atoms with Gasteiger partial charge in [0.1, 0.15) is 0 Å². The predicted molar refractivity (Wildman–Crippen MR) is 52.3 cm³/mol. The Morgan fingerprint density at radius 1 is 1.29 bits per heavy atom. The molecule has 17 heavy (non-hydrogen) atoms. The fourth-order valence-corrected chi connectivity index (χ4v) is 1.19. The van der Waals surface area contributed by atoms with E-state index in [1.54, 1.807) is 13.8 Å². The highest BCUT2D eigenvalue weighted by Gasteiger charge is 2.32. The zero-order valence-electron chi connectivity index (χ0n) is 9.14. The average Bonchev–Trinajstić information content (AvgIpc) is 2.18. The van der Waals surface area contributed by atoms with Crippen LogP contribution in [0.1, 0.15) is 24.2 Å². The number of hydrogen-bond donors (Lipinski definition) is 0. The van der Waals surface area contributed by atoms with Crippen molar-refractivity contribution in [2.24, 2.45) is 5.92 Å². The number of alkyl halides is 3. The molecule has 0 saturated heterocycles. The van der Waals surface area contributed by atoms with Gasteiger partial charge in [-0.3, -0.25) is 4.79 Å². The Labute approximate surface area is 95.2 Å². The molecule has 0 bridgehead atoms. The summed E-state index contributed by atoms with van der Waals surface area (Å²) >= 11 is 0. The van der Waals surface area contributed by atoms with Crippen LogP contribution in [0.3, 0.4) is 0 Å². The molecule has 0 aliphatic carbocycles. The van der Waals surface area contributed by atoms with Gasteiger partial charge in [-0.2, -0.15) is 0 Å². The first kappa shape index (κ1) is 13.5. The van der Waals surface area contributed by atoms with Crippen LogP contribution < -0.4 is 4.74 Å². The molecule has 0 spiro atoms. The van der Waals surface area contributed by atoms with Crippen LogP contribution in [0.2, 0.25) is 0 Å². The van der Waals surface area contributed by atoms with Crippen LogP contribution in [0, 0.1) is 11.7 Å². The Kier molecular flexibility index (Phi) is 3.75. The van der Waals surface area contributed by atoms with Gasteiger partial charge < -0.3 is 4.74 Å². The number of ether oxygens (including phenoxy) is 1. The first-order valence-electron chi connectivity index (χ1n) is 4.80. The van der Waals surface area contributed by atoms with Crippen LogP contribution >= 0.6 is 0 Å². The van der Waals surface area contributed by atoms with Gasteiger partial charge in [-0.05, 0) is 18.2 Å². The van der Waals surface area contributed by atoms with Gasteiger partial charge in [-0.25, -0.2) is 4.39 Å². The van der Waals surface area contributed by atoms with E-state index in [0.29, 0.717) is 0 Å². The van der Waals surface area contributed by atoms with E-state index in [1.165, 1.54) is 0 Å². The van der Waals surface area contributed by atoms with E-state index in [1.807, 2.05) is 0 Å². The van der Waals surface area contributed by atoms with Crippen molar-refractivity contribution in [2.45, 2.75) is 20.2 Å². The minimum Gasteiger partial charge on any atom is -0.403 e. The summed E-state index contributed by atoms with van der Waals surface area (Å²) in [6, 6.07) is 2.63. The molecule has 0 aromatic heterocycles. The Balaban J connectivity index is 2.98. The summed E-state index contributed by atoms with van der Waals surface area (Å²) in [6.45, 7) is 3.22. The highest BCUT2D eigenvalue weighted by atomic mass is 19.4. The number of halogens is 4. The molecule has 0 heterocycles. The average molecular weight is 250 g/mol. The van der Waals surface area contributed by atoms with Crippen molar-refractivity contribution in [3.05, 3.63) is 29.6 Å². The van der Waals surface area contributed by atoms with Crippen LogP contribution in [0.5, 0.6) is 5.75 Å². The molecule has 2 nitrogen and oxygen atoms in total. The zero-order chi connectivity index (χ0) is 13.2. The van der Waals surface area contributed by atoms with Gasteiger partial charge in [-0.1, -0.05) is 13.8 Å². The summed E-state index contributed by atoms with van der Waals surface area (Å²) in [7, 11) is 0. The van der Waals surface area contributed by atoms with E-state index in [4.69, 9.17) is 0 Å². The molecule has 1 rings (SSSR count). The standard InChI is InChI=1S/C11H10F4O2/c1-6(2)10(16)7-3-4-9(8(12)5-7)17-11(13,14)15/h3-6H,1-2H3. The molecule has 0 N–H and O–H groups in total. The summed E-state index contributed by atoms with van der Waals surface area (Å²) in [5, 5.41) is 0. The van der Waals surface area contributed by atoms with Crippen molar-refractivity contribution < 1.29 is 27.1 Å². The quantitative estimate of drug-likeness (QED) is 0.605. The smallest absolute Gasteiger partial charge is 0.403 e. The molecule has 0 amide bonds. The fraction of sp³-hybridized carbons (Fsp3) is 0.364. The lowest BCUT2D eigenvalue weighted by molar-refractivity contribution is -0.275. The first-order valence-corrected chi connectivity index (χ1v) is 4.80. The summed E-state index contributed by atoms with van der Waals surface area (Å²) in [4.78, 5) is 11.5. The van der Waals surface area contributed by atoms with Crippen molar-refractivity contribution >= 4 is 5.78 Å². The zero-order valence-corrected chi connectivity index (χ0v) is 9.14. The van der Waals surface area contributed by atoms with E-state index in [9.17, 15) is 22.4 Å². The van der Waals surface area contributed by atoms with Crippen LogP contribution in [0.25, 0.3) is 0 Å². The Morgan fingerprint density at radius 2 is 1.88 bits per heavy atom. The van der Waals surface area contributed by atoms with Gasteiger partial charge in [0.25, 0.3) is 0 Å². The van der Waals surface area contributed by atoms with Crippen molar-refractivity contribution in [3.8, 4) is 5.75 Å². The summed E-state index contributed by atoms with van der Waals surface area (Å²) in [6.07, 6.45) is -4.95. The maximum Gasteiger partial charge on any atom is 0.573 e. The van der Waals surface area contributed by atoms with E-state index in [2.05, 4.69) is 4.74 Å². The number of ketones is 1. The molecular formula is C11H10F4O2. The summed E-state index contributed by atoms with van der Waals surface area (Å²) in [5.74, 6) is -2.86. The van der Waals surface area contributed by atoms with E-state index >= 15 is 0 Å². The number of rotatable bonds is 3. The van der Waals surface area contributed by atoms with Gasteiger partial charge in [0.2, 0.25) is 0 Å². The minimum absolute atomic E-state index is 0.0204. The van der Waals surface area contributed by atoms with Crippen molar-refractivity contribution in [3.63, 3.8) is 0 Å². The summed E-state index contributed by atoms with van der Waals surface area (Å²) in [5.41, 5.74) is 0.0204. The predicted octanol–water partition coefficient (Wildman–Crippen LogP) is 3.56. The van der Waals surface area contributed by atoms with Crippen LogP contribution in [0.15, 0.2) is 18.2 Å². The van der Waals surface area contributed by atoms with Crippen LogP contribution in [-0.2, 0) is 0 Å². The second kappa shape index (κ2) is 4.73. The number of benzene rings is 1. The molecular weight excluding hydrogens is 240 g/mol. The lowest BCUT2D eigenvalue weighted by Crippen LogP contribution is -2.18. The maximum absolute atomic E-state index is 13.2. The van der Waals surface area contributed by atoms with E-state index in [0.717, 1.165) is 18.2 Å². The number of hydrogen-bond acceptors (Lipinski definition) is 2. The molecule has 6 heteroatoms. The molecule has 0 aliphatic heterocycles. The third-order valence-electron chi connectivity index (χ3n) is 1.97. The largest absolute Gasteiger partial charge is 0.573 e. The summed E-state index contributed by atoms with van der Waals surface area (Å²) < 4.78 is 52.2. The van der Waals surface area contributed by atoms with Crippen LogP contribution in [0.4, 0.5) is 17.6 Å². The molecule has 94 valence electrons. The van der Waals surface area contributed by atoms with Gasteiger partial charge in [0, 0.05) is 11.5 Å². The second-order valence-electron chi connectivity index (χ2n) is 3.71. The monoisotopic (exact) mass is 250 g/mol. The lowest BCUT2D eigenvalue weighted by Gasteiger charge is -2.10. The van der Waals surface area contributed by atoms with Crippen LogP contribution in [-0.4, -0.2) is 12.1 Å². The van der Waals surface area contributed by atoms with Gasteiger partial charge in [-0.15, -0.1) is 13.2 Å². The van der Waals surface area contributed by atoms with E-state index < -0.39 is 17.9 Å². The topological polar surface area (TPSA) is 26.3 Å². The van der Waals surface area contributed by atoms with Crippen molar-refractivity contribution in [2.75, 3.05) is 0 Å². The van der Waals surface area contributed by atoms with Crippen molar-refractivity contribution in [1.29, 1.82) is 0 Å². The third kappa shape index (κ3) is 3.72. The Morgan fingerprint density at radius 3 is 2.29 bits per heavy atom. The molecule has 0 saturated carbocycles. The number of carbonyl (C=O) groups is 1. The molecule has 1 aromatic rings. The molecule has 0 atom stereocenters. The second-order valence-corrected chi connectivity index (χ2v) is 3.71. The SMILES string of the molecule is CC(C)C(=O)c1ccc(OC(F)(F)F)c(F)c1. The van der Waals surface area contributed by atoms with Gasteiger partial charge in [0.05, 0.1) is 0 Å². The molecule has 0 fully saturated rings. The highest BCUT2D eigenvalue weighted by Crippen LogP contribution is 2.26. The lowest BCUT2D eigenvalue weighted by atomic mass is 10.0. The highest BCUT2D eigenvalue weighted by molar-refractivity contribution is 5.97. The minimum atomic E-state index is -4.95. The maximum atomic E-state index is 13.2. The molecule has 0 unspecified atom stereocenters. The Hall–Kier alpha value is -1.59. The van der Waals surface area contributed by atoms with Gasteiger partial charge in [0.15, 0.2) is 17.3 Å².